The van der Waals surface area contributed by atoms with E-state index >= 15 is 0 Å². The zero-order valence-electron chi connectivity index (χ0n) is 13.9. The highest BCUT2D eigenvalue weighted by molar-refractivity contribution is 5.73. The molecule has 0 aliphatic carbocycles. The van der Waals surface area contributed by atoms with Gasteiger partial charge in [-0.1, -0.05) is 39.0 Å². The summed E-state index contributed by atoms with van der Waals surface area (Å²) in [4.78, 5) is 30.8. The van der Waals surface area contributed by atoms with Crippen LogP contribution in [0.25, 0.3) is 0 Å². The number of hydrogen-bond donors (Lipinski definition) is 2. The van der Waals surface area contributed by atoms with E-state index in [0.717, 1.165) is 12.8 Å². The van der Waals surface area contributed by atoms with Crippen LogP contribution in [0.15, 0.2) is 0 Å². The number of nitrogens with two attached hydrogens (primary N) is 1. The molecule has 0 spiro atoms. The summed E-state index contributed by atoms with van der Waals surface area (Å²) >= 11 is 0. The fourth-order valence-electron chi connectivity index (χ4n) is 1.73. The van der Waals surface area contributed by atoms with Gasteiger partial charge in [0, 0.05) is 19.3 Å². The lowest BCUT2D eigenvalue weighted by Crippen LogP contribution is -2.09. The van der Waals surface area contributed by atoms with Gasteiger partial charge in [0.2, 0.25) is 5.91 Å². The molecule has 0 fully saturated rings. The Bertz CT molecular complexity index is 305. The predicted molar refractivity (Wildman–Crippen MR) is 85.3 cm³/mol. The second-order valence-corrected chi connectivity index (χ2v) is 5.16. The molecule has 0 atom stereocenters. The molecule has 0 rings (SSSR count). The second kappa shape index (κ2) is 17.5. The van der Waals surface area contributed by atoms with Crippen molar-refractivity contribution in [2.75, 3.05) is 7.11 Å². The maximum absolute atomic E-state index is 10.5. The molecule has 0 aromatic heterocycles. The molecular formula is C16H31NO5. The molecular weight excluding hydrogens is 286 g/mol. The smallest absolute Gasteiger partial charge is 0.305 e. The lowest BCUT2D eigenvalue weighted by atomic mass is 10.1. The van der Waals surface area contributed by atoms with E-state index < -0.39 is 5.97 Å². The molecule has 0 bridgehead atoms. The molecule has 0 saturated carbocycles. The summed E-state index contributed by atoms with van der Waals surface area (Å²) in [7, 11) is 1.32. The molecule has 6 nitrogen and oxygen atoms in total. The second-order valence-electron chi connectivity index (χ2n) is 5.16. The Kier molecular flexibility index (Phi) is 18.0. The summed E-state index contributed by atoms with van der Waals surface area (Å²) in [6.07, 6.45) is 9.38. The Labute approximate surface area is 133 Å². The SMILES string of the molecule is CCCCCCCCC(N)=O.COC(=O)CCCCC(=O)O. The monoisotopic (exact) mass is 317 g/mol. The van der Waals surface area contributed by atoms with Crippen molar-refractivity contribution in [2.24, 2.45) is 5.73 Å². The summed E-state index contributed by atoms with van der Waals surface area (Å²) in [6, 6.07) is 0. The van der Waals surface area contributed by atoms with E-state index in [0.29, 0.717) is 25.7 Å². The summed E-state index contributed by atoms with van der Waals surface area (Å²) in [5.41, 5.74) is 4.99. The van der Waals surface area contributed by atoms with Crippen LogP contribution in [-0.4, -0.2) is 30.1 Å². The minimum Gasteiger partial charge on any atom is -0.481 e. The number of carboxylic acids is 1. The quantitative estimate of drug-likeness (QED) is 0.425. The third kappa shape index (κ3) is 23.5. The van der Waals surface area contributed by atoms with Crippen molar-refractivity contribution in [1.29, 1.82) is 0 Å². The van der Waals surface area contributed by atoms with Crippen molar-refractivity contribution in [3.05, 3.63) is 0 Å². The standard InChI is InChI=1S/C9H19NO.C7H12O4/c1-2-3-4-5-6-7-8-9(10)11;1-11-7(10)5-3-2-4-6(8)9/h2-8H2,1H3,(H2,10,11);2-5H2,1H3,(H,8,9). The van der Waals surface area contributed by atoms with Gasteiger partial charge < -0.3 is 15.6 Å². The fraction of sp³-hybridized carbons (Fsp3) is 0.812. The predicted octanol–water partition coefficient (Wildman–Crippen LogP) is 3.03. The van der Waals surface area contributed by atoms with Crippen molar-refractivity contribution < 1.29 is 24.2 Å². The van der Waals surface area contributed by atoms with Crippen LogP contribution in [0.4, 0.5) is 0 Å². The number of hydrogen-bond acceptors (Lipinski definition) is 4. The third-order valence-electron chi connectivity index (χ3n) is 3.03. The van der Waals surface area contributed by atoms with Gasteiger partial charge >= 0.3 is 11.9 Å². The highest BCUT2D eigenvalue weighted by Gasteiger charge is 2.01. The largest absolute Gasteiger partial charge is 0.481 e. The average molecular weight is 317 g/mol. The van der Waals surface area contributed by atoms with Gasteiger partial charge in [-0.05, 0) is 19.3 Å². The molecule has 0 aliphatic heterocycles. The molecule has 1 amide bonds. The summed E-state index contributed by atoms with van der Waals surface area (Å²) in [5, 5.41) is 8.22. The van der Waals surface area contributed by atoms with Gasteiger partial charge in [-0.2, -0.15) is 0 Å². The van der Waals surface area contributed by atoms with E-state index in [2.05, 4.69) is 11.7 Å². The molecule has 0 radical (unpaired) electrons. The van der Waals surface area contributed by atoms with E-state index in [1.54, 1.807) is 0 Å². The summed E-state index contributed by atoms with van der Waals surface area (Å²) < 4.78 is 4.37. The van der Waals surface area contributed by atoms with Gasteiger partial charge in [0.25, 0.3) is 0 Å². The van der Waals surface area contributed by atoms with Crippen LogP contribution in [0, 0.1) is 0 Å². The molecule has 6 heteroatoms. The van der Waals surface area contributed by atoms with Gasteiger partial charge in [-0.3, -0.25) is 14.4 Å². The maximum atomic E-state index is 10.5. The van der Waals surface area contributed by atoms with Crippen LogP contribution in [0.2, 0.25) is 0 Å². The third-order valence-corrected chi connectivity index (χ3v) is 3.03. The van der Waals surface area contributed by atoms with Gasteiger partial charge in [-0.25, -0.2) is 0 Å². The van der Waals surface area contributed by atoms with Crippen molar-refractivity contribution in [3.8, 4) is 0 Å². The molecule has 0 saturated heterocycles. The number of methoxy groups -OCH3 is 1. The number of carbonyl (C=O) groups excluding carboxylic acids is 2. The zero-order chi connectivity index (χ0) is 17.2. The van der Waals surface area contributed by atoms with E-state index in [-0.39, 0.29) is 18.3 Å². The van der Waals surface area contributed by atoms with Gasteiger partial charge in [0.1, 0.15) is 0 Å². The lowest BCUT2D eigenvalue weighted by molar-refractivity contribution is -0.141. The van der Waals surface area contributed by atoms with Crippen LogP contribution in [-0.2, 0) is 19.1 Å². The number of esters is 1. The average Bonchev–Trinajstić information content (AvgIpc) is 2.47. The summed E-state index contributed by atoms with van der Waals surface area (Å²) in [6.45, 7) is 2.20. The minimum atomic E-state index is -0.824. The Balaban J connectivity index is 0. The van der Waals surface area contributed by atoms with E-state index in [4.69, 9.17) is 10.8 Å². The first kappa shape index (κ1) is 22.7. The minimum absolute atomic E-state index is 0.122. The normalized spacial score (nSPS) is 9.55. The summed E-state index contributed by atoms with van der Waals surface area (Å²) in [5.74, 6) is -1.27. The van der Waals surface area contributed by atoms with E-state index in [9.17, 15) is 14.4 Å². The number of aliphatic carboxylic acids is 1. The lowest BCUT2D eigenvalue weighted by Gasteiger charge is -1.97. The van der Waals surface area contributed by atoms with Crippen molar-refractivity contribution >= 4 is 17.8 Å². The molecule has 0 heterocycles. The van der Waals surface area contributed by atoms with Crippen LogP contribution in [0.1, 0.15) is 77.6 Å². The molecule has 0 aliphatic rings. The van der Waals surface area contributed by atoms with Crippen molar-refractivity contribution in [1.82, 2.24) is 0 Å². The van der Waals surface area contributed by atoms with Crippen molar-refractivity contribution in [3.63, 3.8) is 0 Å². The number of carbonyl (C=O) groups is 3. The number of unbranched alkanes of at least 4 members (excludes halogenated alkanes) is 6. The van der Waals surface area contributed by atoms with Gasteiger partial charge in [0.15, 0.2) is 0 Å². The first-order chi connectivity index (χ1) is 10.4. The fourth-order valence-corrected chi connectivity index (χ4v) is 1.73. The molecule has 0 aromatic carbocycles. The van der Waals surface area contributed by atoms with Gasteiger partial charge in [-0.15, -0.1) is 0 Å². The number of primary amides is 1. The van der Waals surface area contributed by atoms with Gasteiger partial charge in [0.05, 0.1) is 7.11 Å². The van der Waals surface area contributed by atoms with Crippen LogP contribution >= 0.6 is 0 Å². The molecule has 3 N–H and O–H groups in total. The Morgan fingerprint density at radius 1 is 0.864 bits per heavy atom. The number of rotatable bonds is 12. The number of carboxylic acid groups (broad SMARTS) is 1. The molecule has 22 heavy (non-hydrogen) atoms. The molecule has 0 unspecified atom stereocenters. The maximum Gasteiger partial charge on any atom is 0.305 e. The molecule has 130 valence electrons. The van der Waals surface area contributed by atoms with E-state index in [1.165, 1.54) is 32.8 Å². The first-order valence-corrected chi connectivity index (χ1v) is 8.00. The zero-order valence-corrected chi connectivity index (χ0v) is 13.9. The van der Waals surface area contributed by atoms with Crippen LogP contribution in [0.5, 0.6) is 0 Å². The van der Waals surface area contributed by atoms with Crippen LogP contribution in [0.3, 0.4) is 0 Å². The number of amides is 1. The highest BCUT2D eigenvalue weighted by atomic mass is 16.5. The highest BCUT2D eigenvalue weighted by Crippen LogP contribution is 2.06. The Morgan fingerprint density at radius 3 is 1.86 bits per heavy atom. The Morgan fingerprint density at radius 2 is 1.36 bits per heavy atom. The van der Waals surface area contributed by atoms with E-state index in [1.807, 2.05) is 0 Å². The topological polar surface area (TPSA) is 107 Å². The van der Waals surface area contributed by atoms with Crippen molar-refractivity contribution in [2.45, 2.75) is 77.6 Å². The number of ether oxygens (including phenoxy) is 1. The Hall–Kier alpha value is -1.59. The first-order valence-electron chi connectivity index (χ1n) is 8.00. The van der Waals surface area contributed by atoms with Crippen LogP contribution < -0.4 is 5.73 Å². The molecule has 0 aromatic rings.